The van der Waals surface area contributed by atoms with E-state index in [9.17, 15) is 0 Å². The first-order valence-electron chi connectivity index (χ1n) is 26.4. The third kappa shape index (κ3) is 6.18. The second-order valence-electron chi connectivity index (χ2n) is 22.4. The highest BCUT2D eigenvalue weighted by Crippen LogP contribution is 2.59. The number of rotatable bonds is 7. The zero-order valence-electron chi connectivity index (χ0n) is 43.3. The lowest BCUT2D eigenvalue weighted by Crippen LogP contribution is -2.25. The molecule has 0 unspecified atom stereocenters. The van der Waals surface area contributed by atoms with E-state index in [1.54, 1.807) is 0 Å². The summed E-state index contributed by atoms with van der Waals surface area (Å²) in [5.41, 5.74) is 26.1. The Hall–Kier alpha value is -8.46. The topological polar surface area (TPSA) is 6.48 Å². The molecule has 0 atom stereocenters. The molecule has 0 saturated carbocycles. The van der Waals surface area contributed by atoms with Gasteiger partial charge in [0, 0.05) is 38.9 Å². The molecule has 74 heavy (non-hydrogen) atoms. The first-order chi connectivity index (χ1) is 35.9. The van der Waals surface area contributed by atoms with Gasteiger partial charge in [-0.3, -0.25) is 0 Å². The average Bonchev–Trinajstić information content (AvgIpc) is 3.84. The highest BCUT2D eigenvalue weighted by Gasteiger charge is 2.42. The largest absolute Gasteiger partial charge is 0.310 e. The molecular weight excluding hydrogens is 893 g/mol. The molecule has 0 heterocycles. The van der Waals surface area contributed by atoms with Crippen molar-refractivity contribution in [1.82, 2.24) is 0 Å². The SMILES string of the molecule is Cc1c2c3c(cccc3c3cc(N(c4ccccc4)c4cccc5c4C(C)(C)c4ccccc4-5)ccc13)C(C)(C)c1cc(N(c3ccccc3-c3ccccc3)c3cccc4c3C(C)(C)c3ccccc3-4)ccc1-2. The quantitative estimate of drug-likeness (QED) is 0.147. The fourth-order valence-electron chi connectivity index (χ4n) is 14.0. The normalized spacial score (nSPS) is 14.7. The van der Waals surface area contributed by atoms with E-state index in [2.05, 4.69) is 283 Å². The van der Waals surface area contributed by atoms with Gasteiger partial charge in [0.25, 0.3) is 0 Å². The van der Waals surface area contributed by atoms with Gasteiger partial charge in [0.05, 0.1) is 17.1 Å². The second-order valence-corrected chi connectivity index (χ2v) is 22.4. The molecule has 0 saturated heterocycles. The van der Waals surface area contributed by atoms with Crippen molar-refractivity contribution in [2.75, 3.05) is 9.80 Å². The van der Waals surface area contributed by atoms with Crippen molar-refractivity contribution in [2.24, 2.45) is 0 Å². The molecule has 0 aromatic heterocycles. The van der Waals surface area contributed by atoms with Crippen LogP contribution < -0.4 is 9.80 Å². The monoisotopic (exact) mass is 950 g/mol. The van der Waals surface area contributed by atoms with Crippen molar-refractivity contribution >= 4 is 55.7 Å². The Bertz CT molecular complexity index is 4120. The Morgan fingerprint density at radius 3 is 1.46 bits per heavy atom. The molecule has 0 bridgehead atoms. The predicted molar refractivity (Wildman–Crippen MR) is 314 cm³/mol. The van der Waals surface area contributed by atoms with Crippen molar-refractivity contribution in [3.8, 4) is 44.5 Å². The first-order valence-corrected chi connectivity index (χ1v) is 26.4. The maximum Gasteiger partial charge on any atom is 0.0540 e. The number of nitrogens with zero attached hydrogens (tertiary/aromatic N) is 2. The number of benzene rings is 11. The van der Waals surface area contributed by atoms with E-state index in [4.69, 9.17) is 0 Å². The van der Waals surface area contributed by atoms with Crippen molar-refractivity contribution in [3.05, 3.63) is 263 Å². The number of fused-ring (bicyclic) bond motifs is 10. The minimum Gasteiger partial charge on any atom is -0.310 e. The average molecular weight is 951 g/mol. The molecule has 2 nitrogen and oxygen atoms in total. The van der Waals surface area contributed by atoms with E-state index in [0.717, 1.165) is 22.7 Å². The van der Waals surface area contributed by atoms with Crippen LogP contribution in [0.2, 0.25) is 0 Å². The lowest BCUT2D eigenvalue weighted by molar-refractivity contribution is 0.645. The standard InChI is InChI=1S/C72H58N2/c1-45-50-41-39-48(73(47-25-12-9-13-26-47)64-37-21-31-55-52-28-14-17-33-59(52)71(4,5)68(55)64)43-58(50)54-30-20-35-61-67(54)66(45)57-42-40-49(44-62(57)70(61,2)3)74(63-36-19-16-27-51(63)46-23-10-8-11-24-46)65-38-22-32-56-53-29-15-18-34-60(53)72(6,7)69(56)65/h8-44H,1-7H3. The van der Waals surface area contributed by atoms with Crippen LogP contribution in [0.4, 0.5) is 34.1 Å². The summed E-state index contributed by atoms with van der Waals surface area (Å²) in [6, 6.07) is 84.2. The Morgan fingerprint density at radius 1 is 0.297 bits per heavy atom. The van der Waals surface area contributed by atoms with Gasteiger partial charge in [-0.05, 0) is 161 Å². The van der Waals surface area contributed by atoms with Gasteiger partial charge in [-0.15, -0.1) is 0 Å². The summed E-state index contributed by atoms with van der Waals surface area (Å²) in [6.07, 6.45) is 0. The molecular formula is C72H58N2. The molecule has 11 aromatic carbocycles. The van der Waals surface area contributed by atoms with Crippen LogP contribution in [-0.4, -0.2) is 0 Å². The molecule has 3 aliphatic rings. The van der Waals surface area contributed by atoms with Gasteiger partial charge in [0.2, 0.25) is 0 Å². The summed E-state index contributed by atoms with van der Waals surface area (Å²) in [6.45, 7) is 16.8. The van der Waals surface area contributed by atoms with Crippen LogP contribution in [-0.2, 0) is 16.2 Å². The minimum absolute atomic E-state index is 0.179. The third-order valence-corrected chi connectivity index (χ3v) is 17.4. The fourth-order valence-corrected chi connectivity index (χ4v) is 14.0. The van der Waals surface area contributed by atoms with Gasteiger partial charge in [0.1, 0.15) is 0 Å². The van der Waals surface area contributed by atoms with Crippen LogP contribution >= 0.6 is 0 Å². The predicted octanol–water partition coefficient (Wildman–Crippen LogP) is 19.8. The van der Waals surface area contributed by atoms with Crippen molar-refractivity contribution in [3.63, 3.8) is 0 Å². The Morgan fingerprint density at radius 2 is 0.797 bits per heavy atom. The number of hydrogen-bond acceptors (Lipinski definition) is 2. The van der Waals surface area contributed by atoms with E-state index in [-0.39, 0.29) is 16.2 Å². The molecule has 0 radical (unpaired) electrons. The zero-order chi connectivity index (χ0) is 50.3. The molecule has 0 fully saturated rings. The van der Waals surface area contributed by atoms with Crippen LogP contribution in [0.15, 0.2) is 224 Å². The summed E-state index contributed by atoms with van der Waals surface area (Å²) < 4.78 is 0. The number of anilines is 6. The van der Waals surface area contributed by atoms with Crippen LogP contribution in [0.25, 0.3) is 66.1 Å². The van der Waals surface area contributed by atoms with E-state index in [1.807, 2.05) is 0 Å². The van der Waals surface area contributed by atoms with Gasteiger partial charge in [0.15, 0.2) is 0 Å². The van der Waals surface area contributed by atoms with Crippen molar-refractivity contribution in [1.29, 1.82) is 0 Å². The number of aryl methyl sites for hydroxylation is 1. The van der Waals surface area contributed by atoms with Crippen LogP contribution in [0.1, 0.15) is 80.5 Å². The van der Waals surface area contributed by atoms with Crippen molar-refractivity contribution < 1.29 is 0 Å². The van der Waals surface area contributed by atoms with Gasteiger partial charge >= 0.3 is 0 Å². The molecule has 11 aromatic rings. The first kappa shape index (κ1) is 44.3. The number of hydrogen-bond donors (Lipinski definition) is 0. The summed E-state index contributed by atoms with van der Waals surface area (Å²) in [5.74, 6) is 0. The van der Waals surface area contributed by atoms with Gasteiger partial charge in [-0.25, -0.2) is 0 Å². The maximum absolute atomic E-state index is 2.57. The summed E-state index contributed by atoms with van der Waals surface area (Å²) in [7, 11) is 0. The van der Waals surface area contributed by atoms with Gasteiger partial charge in [-0.2, -0.15) is 0 Å². The number of para-hydroxylation sites is 2. The Kier molecular flexibility index (Phi) is 9.58. The molecule has 356 valence electrons. The molecule has 3 aliphatic carbocycles. The summed E-state index contributed by atoms with van der Waals surface area (Å²) in [5, 5.41) is 5.21. The Labute approximate surface area is 435 Å². The van der Waals surface area contributed by atoms with E-state index in [1.165, 1.54) is 116 Å². The molecule has 0 spiro atoms. The van der Waals surface area contributed by atoms with Gasteiger partial charge in [-0.1, -0.05) is 211 Å². The molecule has 2 heteroatoms. The minimum atomic E-state index is -0.324. The Balaban J connectivity index is 0.973. The third-order valence-electron chi connectivity index (χ3n) is 17.4. The molecule has 0 amide bonds. The lowest BCUT2D eigenvalue weighted by atomic mass is 9.67. The van der Waals surface area contributed by atoms with E-state index >= 15 is 0 Å². The van der Waals surface area contributed by atoms with Crippen LogP contribution in [0.3, 0.4) is 0 Å². The van der Waals surface area contributed by atoms with Crippen LogP contribution in [0, 0.1) is 6.92 Å². The molecule has 0 aliphatic heterocycles. The van der Waals surface area contributed by atoms with Crippen molar-refractivity contribution in [2.45, 2.75) is 64.7 Å². The lowest BCUT2D eigenvalue weighted by Gasteiger charge is -2.38. The van der Waals surface area contributed by atoms with E-state index in [0.29, 0.717) is 0 Å². The zero-order valence-corrected chi connectivity index (χ0v) is 43.3. The summed E-state index contributed by atoms with van der Waals surface area (Å²) >= 11 is 0. The van der Waals surface area contributed by atoms with E-state index < -0.39 is 0 Å². The fraction of sp³-hybridized carbons (Fsp3) is 0.139. The van der Waals surface area contributed by atoms with Gasteiger partial charge < -0.3 is 9.80 Å². The highest BCUT2D eigenvalue weighted by atomic mass is 15.2. The maximum atomic E-state index is 2.57. The second kappa shape index (κ2) is 16.0. The summed E-state index contributed by atoms with van der Waals surface area (Å²) in [4.78, 5) is 5.07. The smallest absolute Gasteiger partial charge is 0.0540 e. The van der Waals surface area contributed by atoms with Crippen LogP contribution in [0.5, 0.6) is 0 Å². The molecule has 0 N–H and O–H groups in total. The molecule has 14 rings (SSSR count). The highest BCUT2D eigenvalue weighted by molar-refractivity contribution is 6.19.